The van der Waals surface area contributed by atoms with Gasteiger partial charge >= 0.3 is 5.97 Å². The van der Waals surface area contributed by atoms with Crippen LogP contribution in [0.2, 0.25) is 0 Å². The van der Waals surface area contributed by atoms with E-state index in [1.165, 1.54) is 16.5 Å². The summed E-state index contributed by atoms with van der Waals surface area (Å²) in [6, 6.07) is 9.46. The Bertz CT molecular complexity index is 937. The molecule has 1 aliphatic carbocycles. The number of aromatic nitrogens is 1. The molecule has 0 unspecified atom stereocenters. The highest BCUT2D eigenvalue weighted by Crippen LogP contribution is 2.40. The summed E-state index contributed by atoms with van der Waals surface area (Å²) in [6.45, 7) is 2.07. The van der Waals surface area contributed by atoms with Crippen molar-refractivity contribution in [3.8, 4) is 17.0 Å². The second kappa shape index (κ2) is 4.37. The lowest BCUT2D eigenvalue weighted by atomic mass is 9.87. The first-order chi connectivity index (χ1) is 10.5. The van der Waals surface area contributed by atoms with Crippen molar-refractivity contribution in [2.24, 2.45) is 0 Å². The van der Waals surface area contributed by atoms with E-state index in [0.717, 1.165) is 35.2 Å². The number of benzene rings is 2. The summed E-state index contributed by atoms with van der Waals surface area (Å²) in [4.78, 5) is 14.6. The quantitative estimate of drug-likeness (QED) is 0.641. The monoisotopic (exact) mass is 293 g/mol. The first kappa shape index (κ1) is 13.0. The zero-order valence-corrected chi connectivity index (χ0v) is 12.1. The molecule has 0 bridgehead atoms. The fourth-order valence-corrected chi connectivity index (χ4v) is 3.35. The number of aryl methyl sites for hydroxylation is 3. The summed E-state index contributed by atoms with van der Waals surface area (Å²) in [5.41, 5.74) is 6.36. The number of aromatic amines is 1. The molecule has 4 rings (SSSR count). The molecular weight excluding hydrogens is 278 g/mol. The van der Waals surface area contributed by atoms with Gasteiger partial charge in [0.25, 0.3) is 0 Å². The third kappa shape index (κ3) is 1.73. The number of aromatic carboxylic acids is 1. The number of nitrogens with one attached hydrogen (secondary N) is 1. The lowest BCUT2D eigenvalue weighted by Crippen LogP contribution is -2.06. The van der Waals surface area contributed by atoms with E-state index in [0.29, 0.717) is 0 Å². The fraction of sp³-hybridized carbons (Fsp3) is 0.167. The lowest BCUT2D eigenvalue weighted by Gasteiger charge is -2.18. The molecular formula is C18H15NO3. The Morgan fingerprint density at radius 3 is 2.77 bits per heavy atom. The Labute approximate surface area is 127 Å². The molecule has 1 aromatic heterocycles. The molecule has 4 heteroatoms. The molecule has 22 heavy (non-hydrogen) atoms. The third-order valence-electron chi connectivity index (χ3n) is 4.43. The highest BCUT2D eigenvalue weighted by molar-refractivity contribution is 5.96. The van der Waals surface area contributed by atoms with E-state index < -0.39 is 5.97 Å². The van der Waals surface area contributed by atoms with Gasteiger partial charge in [0, 0.05) is 16.5 Å². The minimum absolute atomic E-state index is 0.0332. The molecule has 4 nitrogen and oxygen atoms in total. The molecule has 0 spiro atoms. The Morgan fingerprint density at radius 1 is 1.18 bits per heavy atom. The van der Waals surface area contributed by atoms with Crippen LogP contribution in [-0.4, -0.2) is 21.2 Å². The highest BCUT2D eigenvalue weighted by Gasteiger charge is 2.23. The topological polar surface area (TPSA) is 73.3 Å². The van der Waals surface area contributed by atoms with Gasteiger partial charge in [0.1, 0.15) is 11.3 Å². The number of aromatic hydroxyl groups is 1. The number of carbonyl (C=O) groups is 1. The number of phenols is 1. The van der Waals surface area contributed by atoms with E-state index in [4.69, 9.17) is 5.11 Å². The lowest BCUT2D eigenvalue weighted by molar-refractivity contribution is 0.0693. The molecule has 0 saturated heterocycles. The van der Waals surface area contributed by atoms with Crippen LogP contribution in [0.5, 0.6) is 5.75 Å². The van der Waals surface area contributed by atoms with Crippen LogP contribution in [-0.2, 0) is 12.8 Å². The number of carboxylic acids is 1. The predicted molar refractivity (Wildman–Crippen MR) is 84.5 cm³/mol. The van der Waals surface area contributed by atoms with E-state index in [-0.39, 0.29) is 11.3 Å². The van der Waals surface area contributed by atoms with Crippen LogP contribution in [0.15, 0.2) is 30.3 Å². The molecule has 0 aliphatic heterocycles. The van der Waals surface area contributed by atoms with Crippen LogP contribution in [0, 0.1) is 6.92 Å². The van der Waals surface area contributed by atoms with Gasteiger partial charge in [-0.05, 0) is 55.2 Å². The SMILES string of the molecule is Cc1ccc2[nH]c3c(c2c1)CCc1cc(C(=O)O)c(O)cc1-3. The van der Waals surface area contributed by atoms with Crippen molar-refractivity contribution in [3.63, 3.8) is 0 Å². The maximum Gasteiger partial charge on any atom is 0.339 e. The summed E-state index contributed by atoms with van der Waals surface area (Å²) < 4.78 is 0. The van der Waals surface area contributed by atoms with Crippen LogP contribution in [0.4, 0.5) is 0 Å². The van der Waals surface area contributed by atoms with Crippen molar-refractivity contribution >= 4 is 16.9 Å². The van der Waals surface area contributed by atoms with Gasteiger partial charge in [-0.2, -0.15) is 0 Å². The van der Waals surface area contributed by atoms with Gasteiger partial charge in [-0.1, -0.05) is 11.6 Å². The molecule has 3 aromatic rings. The average molecular weight is 293 g/mol. The molecule has 0 amide bonds. The van der Waals surface area contributed by atoms with E-state index >= 15 is 0 Å². The first-order valence-corrected chi connectivity index (χ1v) is 7.25. The van der Waals surface area contributed by atoms with Gasteiger partial charge in [0.05, 0.1) is 5.69 Å². The first-order valence-electron chi connectivity index (χ1n) is 7.25. The average Bonchev–Trinajstić information content (AvgIpc) is 2.84. The van der Waals surface area contributed by atoms with Crippen LogP contribution >= 0.6 is 0 Å². The van der Waals surface area contributed by atoms with Crippen molar-refractivity contribution in [2.45, 2.75) is 19.8 Å². The van der Waals surface area contributed by atoms with Gasteiger partial charge in [0.2, 0.25) is 0 Å². The molecule has 1 aliphatic rings. The molecule has 1 heterocycles. The zero-order chi connectivity index (χ0) is 15.4. The van der Waals surface area contributed by atoms with E-state index in [1.807, 2.05) is 0 Å². The van der Waals surface area contributed by atoms with Crippen molar-refractivity contribution < 1.29 is 15.0 Å². The van der Waals surface area contributed by atoms with Crippen molar-refractivity contribution in [1.82, 2.24) is 4.98 Å². The third-order valence-corrected chi connectivity index (χ3v) is 4.43. The minimum atomic E-state index is -1.10. The van der Waals surface area contributed by atoms with Crippen LogP contribution in [0.3, 0.4) is 0 Å². The number of H-pyrrole nitrogens is 1. The molecule has 0 radical (unpaired) electrons. The van der Waals surface area contributed by atoms with E-state index in [1.54, 1.807) is 12.1 Å². The summed E-state index contributed by atoms with van der Waals surface area (Å²) in [5, 5.41) is 20.3. The zero-order valence-electron chi connectivity index (χ0n) is 12.1. The fourth-order valence-electron chi connectivity index (χ4n) is 3.35. The summed E-state index contributed by atoms with van der Waals surface area (Å²) in [5.74, 6) is -1.28. The normalized spacial score (nSPS) is 13.0. The number of hydrogen-bond donors (Lipinski definition) is 3. The van der Waals surface area contributed by atoms with Crippen molar-refractivity contribution in [3.05, 3.63) is 52.6 Å². The highest BCUT2D eigenvalue weighted by atomic mass is 16.4. The predicted octanol–water partition coefficient (Wildman–Crippen LogP) is 3.65. The van der Waals surface area contributed by atoms with Gasteiger partial charge in [-0.15, -0.1) is 0 Å². The number of fused-ring (bicyclic) bond motifs is 5. The second-order valence-corrected chi connectivity index (χ2v) is 5.86. The van der Waals surface area contributed by atoms with E-state index in [2.05, 4.69) is 30.1 Å². The number of carboxylic acid groups (broad SMARTS) is 1. The molecule has 0 fully saturated rings. The van der Waals surface area contributed by atoms with Gasteiger partial charge < -0.3 is 15.2 Å². The van der Waals surface area contributed by atoms with Crippen molar-refractivity contribution in [1.29, 1.82) is 0 Å². The van der Waals surface area contributed by atoms with Crippen LogP contribution < -0.4 is 0 Å². The molecule has 110 valence electrons. The number of hydrogen-bond acceptors (Lipinski definition) is 2. The largest absolute Gasteiger partial charge is 0.507 e. The molecule has 2 aromatic carbocycles. The Morgan fingerprint density at radius 2 is 2.00 bits per heavy atom. The standard InChI is InChI=1S/C18H15NO3/c1-9-2-5-15-13(6-9)11-4-3-10-7-14(18(21)22)16(20)8-12(10)17(11)19-15/h2,5-8,19-20H,3-4H2,1H3,(H,21,22). The Kier molecular flexibility index (Phi) is 2.57. The maximum absolute atomic E-state index is 11.2. The Hall–Kier alpha value is -2.75. The summed E-state index contributed by atoms with van der Waals surface area (Å²) >= 11 is 0. The molecule has 0 saturated carbocycles. The molecule has 3 N–H and O–H groups in total. The van der Waals surface area contributed by atoms with Crippen LogP contribution in [0.1, 0.15) is 27.0 Å². The smallest absolute Gasteiger partial charge is 0.339 e. The summed E-state index contributed by atoms with van der Waals surface area (Å²) in [6.07, 6.45) is 1.65. The van der Waals surface area contributed by atoms with Gasteiger partial charge in [0.15, 0.2) is 0 Å². The number of rotatable bonds is 1. The van der Waals surface area contributed by atoms with Gasteiger partial charge in [-0.3, -0.25) is 0 Å². The van der Waals surface area contributed by atoms with E-state index in [9.17, 15) is 9.90 Å². The van der Waals surface area contributed by atoms with Gasteiger partial charge in [-0.25, -0.2) is 4.79 Å². The Balaban J connectivity index is 1.99. The summed E-state index contributed by atoms with van der Waals surface area (Å²) in [7, 11) is 0. The minimum Gasteiger partial charge on any atom is -0.507 e. The molecule has 0 atom stereocenters. The second-order valence-electron chi connectivity index (χ2n) is 5.86. The maximum atomic E-state index is 11.2. The van der Waals surface area contributed by atoms with Crippen LogP contribution in [0.25, 0.3) is 22.2 Å². The van der Waals surface area contributed by atoms with Crippen molar-refractivity contribution in [2.75, 3.05) is 0 Å².